The summed E-state index contributed by atoms with van der Waals surface area (Å²) in [6, 6.07) is 11.4. The number of carboxylic acid groups (broad SMARTS) is 1. The highest BCUT2D eigenvalue weighted by molar-refractivity contribution is 5.88. The van der Waals surface area contributed by atoms with Gasteiger partial charge >= 0.3 is 5.97 Å². The summed E-state index contributed by atoms with van der Waals surface area (Å²) in [5.74, 6) is -0.229. The van der Waals surface area contributed by atoms with Crippen molar-refractivity contribution in [1.82, 2.24) is 4.98 Å². The number of carboxylic acids is 1. The van der Waals surface area contributed by atoms with Crippen LogP contribution in [0, 0.1) is 6.92 Å². The van der Waals surface area contributed by atoms with Gasteiger partial charge in [0.2, 0.25) is 0 Å². The minimum atomic E-state index is -0.919. The molecule has 0 unspecified atom stereocenters. The standard InChI is InChI=1S/C17H20N2O2/c1-4-15-9-14(17(20)21)10-16(18-15)19(3)11-13-8-6-5-7-12(13)2/h5-10H,4,11H2,1-3H3,(H,20,21). The number of hydrogen-bond donors (Lipinski definition) is 1. The maximum Gasteiger partial charge on any atom is 0.335 e. The van der Waals surface area contributed by atoms with Gasteiger partial charge in [-0.1, -0.05) is 31.2 Å². The summed E-state index contributed by atoms with van der Waals surface area (Å²) in [6.07, 6.45) is 0.715. The van der Waals surface area contributed by atoms with E-state index in [1.807, 2.05) is 31.0 Å². The molecule has 0 saturated heterocycles. The zero-order valence-electron chi connectivity index (χ0n) is 12.6. The third-order valence-corrected chi connectivity index (χ3v) is 3.53. The van der Waals surface area contributed by atoms with Gasteiger partial charge in [0.25, 0.3) is 0 Å². The number of aromatic carboxylic acids is 1. The Labute approximate surface area is 125 Å². The normalized spacial score (nSPS) is 10.4. The lowest BCUT2D eigenvalue weighted by atomic mass is 10.1. The molecule has 4 nitrogen and oxygen atoms in total. The van der Waals surface area contributed by atoms with Gasteiger partial charge in [-0.15, -0.1) is 0 Å². The summed E-state index contributed by atoms with van der Waals surface area (Å²) >= 11 is 0. The molecule has 0 saturated carbocycles. The fourth-order valence-corrected chi connectivity index (χ4v) is 2.20. The molecule has 4 heteroatoms. The summed E-state index contributed by atoms with van der Waals surface area (Å²) in [6.45, 7) is 4.74. The second kappa shape index (κ2) is 6.39. The highest BCUT2D eigenvalue weighted by Crippen LogP contribution is 2.18. The van der Waals surface area contributed by atoms with Crippen molar-refractivity contribution in [3.8, 4) is 0 Å². The lowest BCUT2D eigenvalue weighted by Gasteiger charge is -2.20. The number of anilines is 1. The van der Waals surface area contributed by atoms with Gasteiger partial charge in [-0.2, -0.15) is 0 Å². The predicted molar refractivity (Wildman–Crippen MR) is 83.9 cm³/mol. The number of aryl methyl sites for hydroxylation is 2. The largest absolute Gasteiger partial charge is 0.478 e. The lowest BCUT2D eigenvalue weighted by Crippen LogP contribution is -2.19. The first-order chi connectivity index (χ1) is 10.0. The molecule has 0 bridgehead atoms. The van der Waals surface area contributed by atoms with E-state index >= 15 is 0 Å². The molecule has 110 valence electrons. The van der Waals surface area contributed by atoms with Crippen LogP contribution in [0.5, 0.6) is 0 Å². The van der Waals surface area contributed by atoms with Crippen LogP contribution in [0.4, 0.5) is 5.82 Å². The van der Waals surface area contributed by atoms with E-state index in [1.165, 1.54) is 11.1 Å². The Bertz CT molecular complexity index is 653. The smallest absolute Gasteiger partial charge is 0.335 e. The van der Waals surface area contributed by atoms with Gasteiger partial charge in [0.05, 0.1) is 5.56 Å². The molecule has 0 aliphatic rings. The predicted octanol–water partition coefficient (Wildman–Crippen LogP) is 3.29. The number of benzene rings is 1. The Morgan fingerprint density at radius 2 is 2.00 bits per heavy atom. The van der Waals surface area contributed by atoms with Crippen LogP contribution in [0.25, 0.3) is 0 Å². The van der Waals surface area contributed by atoms with Crippen molar-refractivity contribution in [3.63, 3.8) is 0 Å². The summed E-state index contributed by atoms with van der Waals surface area (Å²) in [5, 5.41) is 9.20. The van der Waals surface area contributed by atoms with E-state index in [1.54, 1.807) is 12.1 Å². The van der Waals surface area contributed by atoms with Crippen LogP contribution in [0.3, 0.4) is 0 Å². The molecule has 0 fully saturated rings. The van der Waals surface area contributed by atoms with Crippen LogP contribution in [0.1, 0.15) is 34.1 Å². The molecule has 1 heterocycles. The fraction of sp³-hybridized carbons (Fsp3) is 0.294. The number of rotatable bonds is 5. The van der Waals surface area contributed by atoms with E-state index in [0.29, 0.717) is 18.8 Å². The summed E-state index contributed by atoms with van der Waals surface area (Å²) in [7, 11) is 1.93. The SMILES string of the molecule is CCc1cc(C(=O)O)cc(N(C)Cc2ccccc2C)n1. The Morgan fingerprint density at radius 1 is 1.29 bits per heavy atom. The van der Waals surface area contributed by atoms with Gasteiger partial charge in [-0.3, -0.25) is 0 Å². The van der Waals surface area contributed by atoms with E-state index in [-0.39, 0.29) is 5.56 Å². The van der Waals surface area contributed by atoms with Gasteiger partial charge in [0.1, 0.15) is 5.82 Å². The van der Waals surface area contributed by atoms with E-state index < -0.39 is 5.97 Å². The highest BCUT2D eigenvalue weighted by atomic mass is 16.4. The molecule has 1 aromatic heterocycles. The molecule has 1 aromatic carbocycles. The van der Waals surface area contributed by atoms with Gasteiger partial charge in [0.15, 0.2) is 0 Å². The Kier molecular flexibility index (Phi) is 4.58. The molecule has 0 aliphatic carbocycles. The number of pyridine rings is 1. The van der Waals surface area contributed by atoms with Crippen LogP contribution in [0.2, 0.25) is 0 Å². The Hall–Kier alpha value is -2.36. The quantitative estimate of drug-likeness (QED) is 0.915. The highest BCUT2D eigenvalue weighted by Gasteiger charge is 2.11. The number of hydrogen-bond acceptors (Lipinski definition) is 3. The minimum Gasteiger partial charge on any atom is -0.478 e. The topological polar surface area (TPSA) is 53.4 Å². The first-order valence-corrected chi connectivity index (χ1v) is 7.01. The Morgan fingerprint density at radius 3 is 2.62 bits per heavy atom. The second-order valence-electron chi connectivity index (χ2n) is 5.15. The maximum atomic E-state index is 11.2. The number of carbonyl (C=O) groups is 1. The third-order valence-electron chi connectivity index (χ3n) is 3.53. The van der Waals surface area contributed by atoms with E-state index in [9.17, 15) is 9.90 Å². The second-order valence-corrected chi connectivity index (χ2v) is 5.15. The first kappa shape index (κ1) is 15.0. The molecular formula is C17H20N2O2. The molecule has 21 heavy (non-hydrogen) atoms. The Balaban J connectivity index is 2.30. The summed E-state index contributed by atoms with van der Waals surface area (Å²) in [5.41, 5.74) is 3.50. The molecule has 0 radical (unpaired) electrons. The minimum absolute atomic E-state index is 0.286. The van der Waals surface area contributed by atoms with Crippen LogP contribution in [-0.4, -0.2) is 23.1 Å². The van der Waals surface area contributed by atoms with Gasteiger partial charge in [-0.05, 0) is 36.6 Å². The van der Waals surface area contributed by atoms with Crippen molar-refractivity contribution in [2.24, 2.45) is 0 Å². The van der Waals surface area contributed by atoms with Crippen molar-refractivity contribution in [3.05, 3.63) is 58.8 Å². The average molecular weight is 284 g/mol. The molecule has 0 atom stereocenters. The monoisotopic (exact) mass is 284 g/mol. The van der Waals surface area contributed by atoms with Crippen LogP contribution in [0.15, 0.2) is 36.4 Å². The van der Waals surface area contributed by atoms with Gasteiger partial charge in [-0.25, -0.2) is 9.78 Å². The molecule has 2 rings (SSSR count). The van der Waals surface area contributed by atoms with Crippen LogP contribution >= 0.6 is 0 Å². The van der Waals surface area contributed by atoms with Crippen LogP contribution in [-0.2, 0) is 13.0 Å². The molecule has 0 amide bonds. The molecular weight excluding hydrogens is 264 g/mol. The van der Waals surface area contributed by atoms with Gasteiger partial charge < -0.3 is 10.0 Å². The molecule has 0 aliphatic heterocycles. The van der Waals surface area contributed by atoms with Crippen molar-refractivity contribution >= 4 is 11.8 Å². The van der Waals surface area contributed by atoms with E-state index in [2.05, 4.69) is 24.0 Å². The van der Waals surface area contributed by atoms with Crippen molar-refractivity contribution in [2.75, 3.05) is 11.9 Å². The number of aromatic nitrogens is 1. The summed E-state index contributed by atoms with van der Waals surface area (Å²) < 4.78 is 0. The zero-order chi connectivity index (χ0) is 15.4. The van der Waals surface area contributed by atoms with Crippen molar-refractivity contribution < 1.29 is 9.90 Å². The van der Waals surface area contributed by atoms with Crippen LogP contribution < -0.4 is 4.90 Å². The first-order valence-electron chi connectivity index (χ1n) is 7.01. The zero-order valence-corrected chi connectivity index (χ0v) is 12.6. The van der Waals surface area contributed by atoms with E-state index in [4.69, 9.17) is 0 Å². The van der Waals surface area contributed by atoms with Gasteiger partial charge in [0, 0.05) is 19.3 Å². The number of nitrogens with zero attached hydrogens (tertiary/aromatic N) is 2. The third kappa shape index (κ3) is 3.60. The van der Waals surface area contributed by atoms with Crippen molar-refractivity contribution in [1.29, 1.82) is 0 Å². The molecule has 2 aromatic rings. The molecule has 1 N–H and O–H groups in total. The van der Waals surface area contributed by atoms with Crippen molar-refractivity contribution in [2.45, 2.75) is 26.8 Å². The lowest BCUT2D eigenvalue weighted by molar-refractivity contribution is 0.0696. The summed E-state index contributed by atoms with van der Waals surface area (Å²) in [4.78, 5) is 17.7. The average Bonchev–Trinajstić information content (AvgIpc) is 2.49. The maximum absolute atomic E-state index is 11.2. The molecule has 0 spiro atoms. The fourth-order valence-electron chi connectivity index (χ4n) is 2.20. The van der Waals surface area contributed by atoms with E-state index in [0.717, 1.165) is 5.69 Å².